The lowest BCUT2D eigenvalue weighted by molar-refractivity contribution is -0.102. The van der Waals surface area contributed by atoms with Gasteiger partial charge in [0.1, 0.15) is 0 Å². The van der Waals surface area contributed by atoms with Crippen LogP contribution in [0.1, 0.15) is 53.9 Å². The van der Waals surface area contributed by atoms with Crippen LogP contribution in [0, 0.1) is 11.8 Å². The maximum absolute atomic E-state index is 7.83. The van der Waals surface area contributed by atoms with Crippen molar-refractivity contribution < 1.29 is 0 Å². The van der Waals surface area contributed by atoms with Crippen molar-refractivity contribution in [2.75, 3.05) is 0 Å². The third-order valence-electron chi connectivity index (χ3n) is 9.81. The highest BCUT2D eigenvalue weighted by Crippen LogP contribution is 2.76. The molecule has 4 aromatic rings. The van der Waals surface area contributed by atoms with E-state index in [9.17, 15) is 0 Å². The van der Waals surface area contributed by atoms with Crippen molar-refractivity contribution in [2.45, 2.75) is 48.0 Å². The topological polar surface area (TPSA) is 26.0 Å². The second kappa shape index (κ2) is 7.67. The number of benzene rings is 4. The molecule has 0 aliphatic heterocycles. The second-order valence-electron chi connectivity index (χ2n) is 11.3. The normalized spacial score (nSPS) is 32.4. The molecule has 2 N–H and O–H groups in total. The highest BCUT2D eigenvalue weighted by atomic mass is 14.9. The first-order valence-corrected chi connectivity index (χ1v) is 13.2. The summed E-state index contributed by atoms with van der Waals surface area (Å²) < 4.78 is 0. The molecule has 4 aromatic carbocycles. The highest BCUT2D eigenvalue weighted by Gasteiger charge is 2.75. The van der Waals surface area contributed by atoms with Gasteiger partial charge in [0.2, 0.25) is 0 Å². The quantitative estimate of drug-likeness (QED) is 0.345. The fourth-order valence-corrected chi connectivity index (χ4v) is 9.29. The monoisotopic (exact) mass is 455 g/mol. The molecule has 35 heavy (non-hydrogen) atoms. The molecule has 0 radical (unpaired) electrons. The fourth-order valence-electron chi connectivity index (χ4n) is 9.29. The maximum Gasteiger partial charge on any atom is 0.0484 e. The van der Waals surface area contributed by atoms with Crippen LogP contribution in [0.15, 0.2) is 121 Å². The summed E-state index contributed by atoms with van der Waals surface area (Å²) in [6.45, 7) is 0. The predicted octanol–water partition coefficient (Wildman–Crippen LogP) is 7.23. The van der Waals surface area contributed by atoms with E-state index < -0.39 is 0 Å². The van der Waals surface area contributed by atoms with Crippen molar-refractivity contribution in [1.82, 2.24) is 0 Å². The van der Waals surface area contributed by atoms with Gasteiger partial charge < -0.3 is 5.73 Å². The van der Waals surface area contributed by atoms with Crippen LogP contribution in [0.2, 0.25) is 0 Å². The first kappa shape index (κ1) is 21.1. The average Bonchev–Trinajstić information content (AvgIpc) is 2.90. The van der Waals surface area contributed by atoms with E-state index in [1.807, 2.05) is 0 Å². The first-order chi connectivity index (χ1) is 17.2. The Morgan fingerprint density at radius 1 is 0.543 bits per heavy atom. The Morgan fingerprint density at radius 2 is 1.03 bits per heavy atom. The van der Waals surface area contributed by atoms with E-state index in [0.29, 0.717) is 17.8 Å². The standard InChI is InChI=1S/C34H33N/c35-32-22-25-21-27(24-32)31(26-13-5-1-6-14-26)33(23-25,28-15-7-2-8-16-28)34(32,29-17-9-3-10-18-29)30-19-11-4-12-20-30/h1-20,25,27,31H,21-24,35H2. The summed E-state index contributed by atoms with van der Waals surface area (Å²) in [5.74, 6) is 1.68. The third kappa shape index (κ3) is 2.68. The minimum Gasteiger partial charge on any atom is -0.324 e. The van der Waals surface area contributed by atoms with Crippen molar-refractivity contribution in [3.05, 3.63) is 144 Å². The van der Waals surface area contributed by atoms with Crippen LogP contribution in [0.5, 0.6) is 0 Å². The molecule has 174 valence electrons. The Bertz CT molecular complexity index is 1280. The summed E-state index contributed by atoms with van der Waals surface area (Å²) in [6.07, 6.45) is 4.65. The molecule has 4 fully saturated rings. The van der Waals surface area contributed by atoms with Crippen LogP contribution in [-0.2, 0) is 10.8 Å². The molecule has 0 spiro atoms. The van der Waals surface area contributed by atoms with Crippen LogP contribution in [0.3, 0.4) is 0 Å². The largest absolute Gasteiger partial charge is 0.324 e. The molecule has 0 heterocycles. The van der Waals surface area contributed by atoms with E-state index >= 15 is 0 Å². The minimum atomic E-state index is -0.322. The Hall–Kier alpha value is -3.16. The molecule has 0 saturated heterocycles. The van der Waals surface area contributed by atoms with Crippen molar-refractivity contribution in [3.8, 4) is 0 Å². The van der Waals surface area contributed by atoms with Crippen LogP contribution in [0.4, 0.5) is 0 Å². The smallest absolute Gasteiger partial charge is 0.0484 e. The van der Waals surface area contributed by atoms with E-state index in [0.717, 1.165) is 12.8 Å². The van der Waals surface area contributed by atoms with Gasteiger partial charge in [-0.1, -0.05) is 121 Å². The summed E-state index contributed by atoms with van der Waals surface area (Å²) in [5.41, 5.74) is 12.7. The third-order valence-corrected chi connectivity index (χ3v) is 9.81. The molecule has 4 aliphatic rings. The molecular formula is C34H33N. The summed E-state index contributed by atoms with van der Waals surface area (Å²) in [5, 5.41) is 0. The molecule has 0 amide bonds. The summed E-state index contributed by atoms with van der Waals surface area (Å²) in [6, 6.07) is 45.4. The average molecular weight is 456 g/mol. The molecule has 4 saturated carbocycles. The summed E-state index contributed by atoms with van der Waals surface area (Å²) in [4.78, 5) is 0. The number of nitrogens with two attached hydrogens (primary N) is 1. The SMILES string of the molecule is NC12CC3CC(C1)C(c1ccccc1)C(c1ccccc1)(C3)C2(c1ccccc1)c1ccccc1. The van der Waals surface area contributed by atoms with Crippen molar-refractivity contribution >= 4 is 0 Å². The lowest BCUT2D eigenvalue weighted by Gasteiger charge is -2.75. The molecule has 4 bridgehead atoms. The lowest BCUT2D eigenvalue weighted by Crippen LogP contribution is -2.79. The van der Waals surface area contributed by atoms with E-state index in [-0.39, 0.29) is 16.4 Å². The highest BCUT2D eigenvalue weighted by molar-refractivity contribution is 5.59. The fraction of sp³-hybridized carbons (Fsp3) is 0.294. The molecular weight excluding hydrogens is 422 g/mol. The molecule has 1 heteroatoms. The van der Waals surface area contributed by atoms with Crippen LogP contribution >= 0.6 is 0 Å². The van der Waals surface area contributed by atoms with E-state index in [2.05, 4.69) is 121 Å². The van der Waals surface area contributed by atoms with Gasteiger partial charge in [0.25, 0.3) is 0 Å². The van der Waals surface area contributed by atoms with Crippen molar-refractivity contribution in [1.29, 1.82) is 0 Å². The van der Waals surface area contributed by atoms with Gasteiger partial charge in [-0.25, -0.2) is 0 Å². The number of hydrogen-bond acceptors (Lipinski definition) is 1. The Labute approximate surface area is 209 Å². The Balaban J connectivity index is 1.66. The van der Waals surface area contributed by atoms with E-state index in [1.165, 1.54) is 35.1 Å². The summed E-state index contributed by atoms with van der Waals surface area (Å²) >= 11 is 0. The van der Waals surface area contributed by atoms with Crippen molar-refractivity contribution in [2.24, 2.45) is 17.6 Å². The van der Waals surface area contributed by atoms with Crippen LogP contribution in [0.25, 0.3) is 0 Å². The molecule has 1 nitrogen and oxygen atoms in total. The second-order valence-corrected chi connectivity index (χ2v) is 11.3. The van der Waals surface area contributed by atoms with Gasteiger partial charge in [-0.15, -0.1) is 0 Å². The molecule has 0 aromatic heterocycles. The molecule has 4 aliphatic carbocycles. The zero-order valence-corrected chi connectivity index (χ0v) is 20.2. The summed E-state index contributed by atoms with van der Waals surface area (Å²) in [7, 11) is 0. The van der Waals surface area contributed by atoms with Gasteiger partial charge >= 0.3 is 0 Å². The van der Waals surface area contributed by atoms with E-state index in [4.69, 9.17) is 5.73 Å². The first-order valence-electron chi connectivity index (χ1n) is 13.2. The van der Waals surface area contributed by atoms with E-state index in [1.54, 1.807) is 0 Å². The minimum absolute atomic E-state index is 0.128. The van der Waals surface area contributed by atoms with Crippen molar-refractivity contribution in [3.63, 3.8) is 0 Å². The van der Waals surface area contributed by atoms with Gasteiger partial charge in [0, 0.05) is 16.4 Å². The zero-order valence-electron chi connectivity index (χ0n) is 20.2. The lowest BCUT2D eigenvalue weighted by atomic mass is 9.29. The Morgan fingerprint density at radius 3 is 1.57 bits per heavy atom. The van der Waals surface area contributed by atoms with Gasteiger partial charge in [-0.3, -0.25) is 0 Å². The molecule has 5 atom stereocenters. The van der Waals surface area contributed by atoms with Crippen LogP contribution < -0.4 is 5.73 Å². The predicted molar refractivity (Wildman–Crippen MR) is 143 cm³/mol. The molecule has 5 unspecified atom stereocenters. The van der Waals surface area contributed by atoms with Gasteiger partial charge in [0.15, 0.2) is 0 Å². The van der Waals surface area contributed by atoms with Gasteiger partial charge in [-0.05, 0) is 65.7 Å². The van der Waals surface area contributed by atoms with Gasteiger partial charge in [-0.2, -0.15) is 0 Å². The Kier molecular flexibility index (Phi) is 4.63. The maximum atomic E-state index is 7.83. The molecule has 8 rings (SSSR count). The number of rotatable bonds is 4. The van der Waals surface area contributed by atoms with Crippen LogP contribution in [-0.4, -0.2) is 5.54 Å². The number of hydrogen-bond donors (Lipinski definition) is 1. The zero-order chi connectivity index (χ0) is 23.5. The van der Waals surface area contributed by atoms with Gasteiger partial charge in [0.05, 0.1) is 0 Å².